The maximum atomic E-state index is 13.7. The second-order valence-corrected chi connectivity index (χ2v) is 5.21. The van der Waals surface area contributed by atoms with Crippen LogP contribution in [0, 0.1) is 19.7 Å². The van der Waals surface area contributed by atoms with Crippen molar-refractivity contribution in [3.05, 3.63) is 65.3 Å². The van der Waals surface area contributed by atoms with Gasteiger partial charge in [0.05, 0.1) is 12.2 Å². The smallest absolute Gasteiger partial charge is 0.246 e. The molecule has 0 amide bonds. The van der Waals surface area contributed by atoms with Gasteiger partial charge in [0.15, 0.2) is 0 Å². The fraction of sp³-hybridized carbons (Fsp3) is 0.176. The lowest BCUT2D eigenvalue weighted by Crippen LogP contribution is -2.01. The number of nitrogens with zero attached hydrogens (tertiary/aromatic N) is 2. The molecule has 5 heteroatoms. The number of rotatable bonds is 4. The predicted octanol–water partition coefficient (Wildman–Crippen LogP) is 4.10. The number of hydrogen-bond acceptors (Lipinski definition) is 4. The molecule has 0 atom stereocenters. The highest BCUT2D eigenvalue weighted by molar-refractivity contribution is 5.54. The Hall–Kier alpha value is -2.69. The van der Waals surface area contributed by atoms with Crippen molar-refractivity contribution in [2.24, 2.45) is 0 Å². The molecule has 22 heavy (non-hydrogen) atoms. The Morgan fingerprint density at radius 2 is 1.77 bits per heavy atom. The summed E-state index contributed by atoms with van der Waals surface area (Å²) in [5, 5.41) is 6.90. The third kappa shape index (κ3) is 3.14. The largest absolute Gasteiger partial charge is 0.374 e. The Morgan fingerprint density at radius 3 is 2.50 bits per heavy atom. The number of anilines is 1. The maximum absolute atomic E-state index is 13.7. The summed E-state index contributed by atoms with van der Waals surface area (Å²) in [6.45, 7) is 4.14. The minimum atomic E-state index is -0.293. The van der Waals surface area contributed by atoms with E-state index in [4.69, 9.17) is 4.52 Å². The van der Waals surface area contributed by atoms with E-state index in [9.17, 15) is 4.39 Å². The highest BCUT2D eigenvalue weighted by atomic mass is 19.1. The van der Waals surface area contributed by atoms with Gasteiger partial charge in [0.1, 0.15) is 5.82 Å². The Balaban J connectivity index is 1.70. The molecule has 0 bridgehead atoms. The van der Waals surface area contributed by atoms with E-state index < -0.39 is 0 Å². The average Bonchev–Trinajstić information content (AvgIpc) is 2.96. The zero-order valence-electron chi connectivity index (χ0n) is 12.4. The van der Waals surface area contributed by atoms with Crippen LogP contribution in [0.15, 0.2) is 47.0 Å². The Bertz CT molecular complexity index is 781. The summed E-state index contributed by atoms with van der Waals surface area (Å²) >= 11 is 0. The van der Waals surface area contributed by atoms with Crippen LogP contribution in [-0.2, 0) is 6.54 Å². The van der Waals surface area contributed by atoms with Crippen molar-refractivity contribution in [3.63, 3.8) is 0 Å². The van der Waals surface area contributed by atoms with Crippen LogP contribution < -0.4 is 5.32 Å². The summed E-state index contributed by atoms with van der Waals surface area (Å²) in [6, 6.07) is 12.9. The molecule has 0 saturated carbocycles. The number of halogens is 1. The third-order valence-corrected chi connectivity index (χ3v) is 3.33. The van der Waals surface area contributed by atoms with Gasteiger partial charge in [-0.25, -0.2) is 4.39 Å². The van der Waals surface area contributed by atoms with Crippen molar-refractivity contribution in [1.82, 2.24) is 10.1 Å². The van der Waals surface area contributed by atoms with E-state index >= 15 is 0 Å². The Morgan fingerprint density at radius 1 is 1.05 bits per heavy atom. The molecule has 0 unspecified atom stereocenters. The second kappa shape index (κ2) is 5.97. The number of aryl methyl sites for hydroxylation is 2. The molecular formula is C17H16FN3O. The van der Waals surface area contributed by atoms with Gasteiger partial charge in [-0.05, 0) is 31.5 Å². The number of hydrogen-bond donors (Lipinski definition) is 1. The first-order valence-corrected chi connectivity index (χ1v) is 7.01. The molecule has 3 aromatic rings. The standard InChI is InChI=1S/C17H16FN3O/c1-11-3-6-13(7-4-11)17-20-16(22-21-17)10-19-15-8-5-12(2)9-14(15)18/h3-9,19H,10H2,1-2H3. The highest BCUT2D eigenvalue weighted by Crippen LogP contribution is 2.18. The number of benzene rings is 2. The first-order chi connectivity index (χ1) is 10.6. The van der Waals surface area contributed by atoms with Gasteiger partial charge in [-0.2, -0.15) is 4.98 Å². The van der Waals surface area contributed by atoms with Crippen molar-refractivity contribution < 1.29 is 8.91 Å². The van der Waals surface area contributed by atoms with Crippen molar-refractivity contribution in [3.8, 4) is 11.4 Å². The van der Waals surface area contributed by atoms with Crippen LogP contribution in [0.4, 0.5) is 10.1 Å². The summed E-state index contributed by atoms with van der Waals surface area (Å²) < 4.78 is 18.9. The molecule has 112 valence electrons. The molecule has 0 radical (unpaired) electrons. The van der Waals surface area contributed by atoms with E-state index in [1.54, 1.807) is 6.07 Å². The molecule has 0 fully saturated rings. The predicted molar refractivity (Wildman–Crippen MR) is 82.9 cm³/mol. The average molecular weight is 297 g/mol. The van der Waals surface area contributed by atoms with E-state index in [1.165, 1.54) is 11.6 Å². The van der Waals surface area contributed by atoms with Crippen LogP contribution in [0.5, 0.6) is 0 Å². The van der Waals surface area contributed by atoms with Gasteiger partial charge in [-0.3, -0.25) is 0 Å². The molecule has 0 spiro atoms. The minimum Gasteiger partial charge on any atom is -0.374 e. The third-order valence-electron chi connectivity index (χ3n) is 3.33. The second-order valence-electron chi connectivity index (χ2n) is 5.21. The zero-order valence-corrected chi connectivity index (χ0v) is 12.4. The normalized spacial score (nSPS) is 10.7. The molecule has 0 aliphatic heterocycles. The molecule has 0 aliphatic carbocycles. The molecule has 1 heterocycles. The van der Waals surface area contributed by atoms with E-state index in [0.29, 0.717) is 17.4 Å². The van der Waals surface area contributed by atoms with Crippen LogP contribution in [0.1, 0.15) is 17.0 Å². The lowest BCUT2D eigenvalue weighted by Gasteiger charge is -2.05. The van der Waals surface area contributed by atoms with Gasteiger partial charge in [-0.15, -0.1) is 0 Å². The Labute approximate surface area is 128 Å². The number of nitrogens with one attached hydrogen (secondary N) is 1. The fourth-order valence-electron chi connectivity index (χ4n) is 2.08. The molecule has 0 saturated heterocycles. The minimum absolute atomic E-state index is 0.277. The van der Waals surface area contributed by atoms with Crippen LogP contribution in [-0.4, -0.2) is 10.1 Å². The molecule has 1 aromatic heterocycles. The first-order valence-electron chi connectivity index (χ1n) is 7.01. The van der Waals surface area contributed by atoms with Crippen LogP contribution >= 0.6 is 0 Å². The number of aromatic nitrogens is 2. The zero-order chi connectivity index (χ0) is 15.5. The van der Waals surface area contributed by atoms with Crippen LogP contribution in [0.3, 0.4) is 0 Å². The van der Waals surface area contributed by atoms with E-state index in [2.05, 4.69) is 15.5 Å². The topological polar surface area (TPSA) is 51.0 Å². The summed E-state index contributed by atoms with van der Waals surface area (Å²) in [6.07, 6.45) is 0. The van der Waals surface area contributed by atoms with E-state index in [-0.39, 0.29) is 12.4 Å². The lowest BCUT2D eigenvalue weighted by molar-refractivity contribution is 0.384. The molecule has 2 aromatic carbocycles. The van der Waals surface area contributed by atoms with Crippen molar-refractivity contribution in [2.45, 2.75) is 20.4 Å². The van der Waals surface area contributed by atoms with Crippen molar-refractivity contribution in [2.75, 3.05) is 5.32 Å². The van der Waals surface area contributed by atoms with Gasteiger partial charge in [0, 0.05) is 5.56 Å². The summed E-state index contributed by atoms with van der Waals surface area (Å²) in [5.74, 6) is 0.648. The summed E-state index contributed by atoms with van der Waals surface area (Å²) in [5.41, 5.74) is 3.36. The fourth-order valence-corrected chi connectivity index (χ4v) is 2.08. The first kappa shape index (κ1) is 14.3. The van der Waals surface area contributed by atoms with Crippen LogP contribution in [0.2, 0.25) is 0 Å². The molecule has 4 nitrogen and oxygen atoms in total. The quantitative estimate of drug-likeness (QED) is 0.787. The van der Waals surface area contributed by atoms with Gasteiger partial charge in [-0.1, -0.05) is 41.1 Å². The van der Waals surface area contributed by atoms with Gasteiger partial charge in [0.25, 0.3) is 0 Å². The SMILES string of the molecule is Cc1ccc(-c2noc(CNc3ccc(C)cc3F)n2)cc1. The van der Waals surface area contributed by atoms with Gasteiger partial charge in [0.2, 0.25) is 11.7 Å². The van der Waals surface area contributed by atoms with E-state index in [1.807, 2.05) is 44.2 Å². The van der Waals surface area contributed by atoms with Gasteiger partial charge >= 0.3 is 0 Å². The van der Waals surface area contributed by atoms with E-state index in [0.717, 1.165) is 11.1 Å². The van der Waals surface area contributed by atoms with Crippen molar-refractivity contribution >= 4 is 5.69 Å². The monoisotopic (exact) mass is 297 g/mol. The molecule has 1 N–H and O–H groups in total. The molecule has 0 aliphatic rings. The highest BCUT2D eigenvalue weighted by Gasteiger charge is 2.09. The summed E-state index contributed by atoms with van der Waals surface area (Å²) in [4.78, 5) is 4.31. The van der Waals surface area contributed by atoms with Crippen LogP contribution in [0.25, 0.3) is 11.4 Å². The lowest BCUT2D eigenvalue weighted by atomic mass is 10.1. The summed E-state index contributed by atoms with van der Waals surface area (Å²) in [7, 11) is 0. The van der Waals surface area contributed by atoms with Gasteiger partial charge < -0.3 is 9.84 Å². The Kier molecular flexibility index (Phi) is 3.87. The molecular weight excluding hydrogens is 281 g/mol. The maximum Gasteiger partial charge on any atom is 0.246 e. The van der Waals surface area contributed by atoms with Crippen molar-refractivity contribution in [1.29, 1.82) is 0 Å². The molecule has 3 rings (SSSR count).